The van der Waals surface area contributed by atoms with Crippen LogP contribution in [0, 0.1) is 0 Å². The number of benzene rings is 1. The molecule has 3 rings (SSSR count). The quantitative estimate of drug-likeness (QED) is 0.700. The van der Waals surface area contributed by atoms with E-state index in [2.05, 4.69) is 9.71 Å². The van der Waals surface area contributed by atoms with Crippen molar-refractivity contribution in [2.75, 3.05) is 18.0 Å². The SMILES string of the molecule is C[C@@H](N[S+]([O-])C(C)(C)C)c1cc(Cl)cc2c(=O)n(C)c(N3CCC(F)(F)CC3)nc12. The van der Waals surface area contributed by atoms with Gasteiger partial charge in [-0.2, -0.15) is 0 Å². The Morgan fingerprint density at radius 1 is 1.30 bits per heavy atom. The molecular formula is C20H27ClF2N4O2S. The van der Waals surface area contributed by atoms with E-state index in [9.17, 15) is 18.1 Å². The van der Waals surface area contributed by atoms with Crippen LogP contribution >= 0.6 is 11.6 Å². The minimum Gasteiger partial charge on any atom is -0.598 e. The monoisotopic (exact) mass is 460 g/mol. The van der Waals surface area contributed by atoms with Crippen molar-refractivity contribution in [1.82, 2.24) is 14.3 Å². The minimum absolute atomic E-state index is 0.115. The van der Waals surface area contributed by atoms with Gasteiger partial charge in [0.25, 0.3) is 11.5 Å². The van der Waals surface area contributed by atoms with Crippen LogP contribution in [0.5, 0.6) is 0 Å². The molecule has 2 atom stereocenters. The predicted molar refractivity (Wildman–Crippen MR) is 118 cm³/mol. The van der Waals surface area contributed by atoms with Crippen molar-refractivity contribution in [3.05, 3.63) is 33.1 Å². The van der Waals surface area contributed by atoms with E-state index in [-0.39, 0.29) is 31.5 Å². The van der Waals surface area contributed by atoms with Gasteiger partial charge >= 0.3 is 0 Å². The Bertz CT molecular complexity index is 999. The van der Waals surface area contributed by atoms with Gasteiger partial charge in [0.2, 0.25) is 5.95 Å². The van der Waals surface area contributed by atoms with E-state index in [1.807, 2.05) is 27.7 Å². The Balaban J connectivity index is 2.08. The second kappa shape index (κ2) is 8.26. The summed E-state index contributed by atoms with van der Waals surface area (Å²) in [6, 6.07) is 2.85. The number of piperidine rings is 1. The van der Waals surface area contributed by atoms with Crippen LogP contribution in [0.2, 0.25) is 5.02 Å². The summed E-state index contributed by atoms with van der Waals surface area (Å²) in [5.41, 5.74) is 0.761. The van der Waals surface area contributed by atoms with Gasteiger partial charge < -0.3 is 9.45 Å². The van der Waals surface area contributed by atoms with E-state index < -0.39 is 28.1 Å². The van der Waals surface area contributed by atoms with Crippen molar-refractivity contribution in [3.63, 3.8) is 0 Å². The van der Waals surface area contributed by atoms with Crippen LogP contribution in [0.4, 0.5) is 14.7 Å². The van der Waals surface area contributed by atoms with Crippen molar-refractivity contribution in [3.8, 4) is 0 Å². The number of alkyl halides is 2. The first-order valence-electron chi connectivity index (χ1n) is 9.81. The van der Waals surface area contributed by atoms with E-state index >= 15 is 0 Å². The molecule has 1 aliphatic heterocycles. The highest BCUT2D eigenvalue weighted by molar-refractivity contribution is 7.90. The van der Waals surface area contributed by atoms with Gasteiger partial charge in [0.15, 0.2) is 0 Å². The average molecular weight is 461 g/mol. The summed E-state index contributed by atoms with van der Waals surface area (Å²) < 4.78 is 43.7. The molecule has 1 unspecified atom stereocenters. The number of hydrogen-bond acceptors (Lipinski definition) is 5. The Hall–Kier alpha value is -1.42. The maximum atomic E-state index is 13.6. The molecule has 0 aliphatic carbocycles. The summed E-state index contributed by atoms with van der Waals surface area (Å²) >= 11 is 4.92. The van der Waals surface area contributed by atoms with Crippen molar-refractivity contribution < 1.29 is 13.3 Å². The van der Waals surface area contributed by atoms with Crippen molar-refractivity contribution in [2.24, 2.45) is 7.05 Å². The van der Waals surface area contributed by atoms with Gasteiger partial charge in [0.1, 0.15) is 4.75 Å². The van der Waals surface area contributed by atoms with Crippen LogP contribution < -0.4 is 15.2 Å². The van der Waals surface area contributed by atoms with Crippen LogP contribution in [0.25, 0.3) is 10.9 Å². The van der Waals surface area contributed by atoms with Crippen molar-refractivity contribution in [1.29, 1.82) is 0 Å². The topological polar surface area (TPSA) is 73.2 Å². The number of hydrogen-bond donors (Lipinski definition) is 1. The fraction of sp³-hybridized carbons (Fsp3) is 0.600. The molecule has 166 valence electrons. The molecule has 0 amide bonds. The molecule has 2 aromatic rings. The Morgan fingerprint density at radius 3 is 2.47 bits per heavy atom. The highest BCUT2D eigenvalue weighted by Gasteiger charge is 2.35. The average Bonchev–Trinajstić information content (AvgIpc) is 2.64. The van der Waals surface area contributed by atoms with Gasteiger partial charge in [0.05, 0.1) is 16.9 Å². The number of fused-ring (bicyclic) bond motifs is 1. The zero-order chi connectivity index (χ0) is 22.4. The Kier molecular flexibility index (Phi) is 6.40. The van der Waals surface area contributed by atoms with Crippen molar-refractivity contribution in [2.45, 2.75) is 57.2 Å². The molecule has 2 heterocycles. The van der Waals surface area contributed by atoms with Gasteiger partial charge in [-0.3, -0.25) is 9.36 Å². The highest BCUT2D eigenvalue weighted by Crippen LogP contribution is 2.32. The molecule has 0 radical (unpaired) electrons. The van der Waals surface area contributed by atoms with Crippen molar-refractivity contribution >= 4 is 39.8 Å². The molecule has 1 aromatic heterocycles. The van der Waals surface area contributed by atoms with Gasteiger partial charge in [-0.15, -0.1) is 4.72 Å². The van der Waals surface area contributed by atoms with E-state index in [1.54, 1.807) is 24.1 Å². The van der Waals surface area contributed by atoms with E-state index in [4.69, 9.17) is 11.6 Å². The maximum absolute atomic E-state index is 13.6. The molecule has 10 heteroatoms. The number of halogens is 3. The zero-order valence-corrected chi connectivity index (χ0v) is 19.3. The predicted octanol–water partition coefficient (Wildman–Crippen LogP) is 3.94. The van der Waals surface area contributed by atoms with Gasteiger partial charge in [-0.1, -0.05) is 11.6 Å². The smallest absolute Gasteiger partial charge is 0.262 e. The molecule has 1 N–H and O–H groups in total. The van der Waals surface area contributed by atoms with Gasteiger partial charge in [-0.25, -0.2) is 13.8 Å². The lowest BCUT2D eigenvalue weighted by Crippen LogP contribution is -2.42. The minimum atomic E-state index is -2.69. The van der Waals surface area contributed by atoms with E-state index in [0.29, 0.717) is 27.4 Å². The molecule has 0 spiro atoms. The molecule has 1 aliphatic rings. The van der Waals surface area contributed by atoms with Gasteiger partial charge in [-0.05, 0) is 39.8 Å². The molecule has 1 saturated heterocycles. The van der Waals surface area contributed by atoms with Crippen LogP contribution in [0.3, 0.4) is 0 Å². The fourth-order valence-corrected chi connectivity index (χ4v) is 4.43. The Morgan fingerprint density at radius 2 is 1.90 bits per heavy atom. The summed E-state index contributed by atoms with van der Waals surface area (Å²) in [7, 11) is 1.58. The maximum Gasteiger partial charge on any atom is 0.262 e. The fourth-order valence-electron chi connectivity index (χ4n) is 3.40. The lowest BCUT2D eigenvalue weighted by molar-refractivity contribution is -0.0223. The molecule has 0 bridgehead atoms. The molecular weight excluding hydrogens is 434 g/mol. The lowest BCUT2D eigenvalue weighted by Gasteiger charge is -2.33. The number of anilines is 1. The molecule has 30 heavy (non-hydrogen) atoms. The number of rotatable bonds is 4. The molecule has 1 aromatic carbocycles. The summed E-state index contributed by atoms with van der Waals surface area (Å²) in [6.07, 6.45) is -0.562. The number of nitrogens with one attached hydrogen (secondary N) is 1. The highest BCUT2D eigenvalue weighted by atomic mass is 35.5. The first kappa shape index (κ1) is 23.2. The third-order valence-corrected chi connectivity index (χ3v) is 7.13. The lowest BCUT2D eigenvalue weighted by atomic mass is 10.0. The second-order valence-corrected chi connectivity index (χ2v) is 11.2. The van der Waals surface area contributed by atoms with E-state index in [0.717, 1.165) is 0 Å². The zero-order valence-electron chi connectivity index (χ0n) is 17.8. The van der Waals surface area contributed by atoms with Crippen LogP contribution in [0.1, 0.15) is 52.1 Å². The van der Waals surface area contributed by atoms with Crippen LogP contribution in [-0.4, -0.2) is 37.9 Å². The Labute approximate surface area is 182 Å². The van der Waals surface area contributed by atoms with E-state index in [1.165, 1.54) is 4.57 Å². The third-order valence-electron chi connectivity index (χ3n) is 5.24. The molecule has 0 saturated carbocycles. The summed E-state index contributed by atoms with van der Waals surface area (Å²) in [5, 5.41) is 0.707. The first-order valence-corrected chi connectivity index (χ1v) is 11.3. The third kappa shape index (κ3) is 4.74. The summed E-state index contributed by atoms with van der Waals surface area (Å²) in [6.45, 7) is 7.63. The van der Waals surface area contributed by atoms with Crippen LogP contribution in [0.15, 0.2) is 16.9 Å². The summed E-state index contributed by atoms with van der Waals surface area (Å²) in [4.78, 5) is 19.4. The normalized spacial score (nSPS) is 19.2. The van der Waals surface area contributed by atoms with Crippen LogP contribution in [-0.2, 0) is 18.4 Å². The number of nitrogens with zero attached hydrogens (tertiary/aromatic N) is 3. The largest absolute Gasteiger partial charge is 0.598 e. The second-order valence-electron chi connectivity index (χ2n) is 8.73. The molecule has 6 nitrogen and oxygen atoms in total. The standard InChI is InChI=1S/C20H27ClF2N4O2S/c1-12(25-30(29)19(2,3)4)14-10-13(21)11-15-16(14)24-18(26(5)17(15)28)27-8-6-20(22,23)7-9-27/h10-12,25H,6-9H2,1-5H3/t12-,30?/m1/s1. The first-order chi connectivity index (χ1) is 13.8. The summed E-state index contributed by atoms with van der Waals surface area (Å²) in [5.74, 6) is -2.35. The number of aromatic nitrogens is 2. The molecule has 1 fully saturated rings. The van der Waals surface area contributed by atoms with Gasteiger partial charge in [0, 0.05) is 54.9 Å².